The molecule has 0 aliphatic heterocycles. The van der Waals surface area contributed by atoms with E-state index in [1.54, 1.807) is 0 Å². The average Bonchev–Trinajstić information content (AvgIpc) is 3.34. The molecule has 2 aliphatic carbocycles. The first kappa shape index (κ1) is 36.1. The van der Waals surface area contributed by atoms with Gasteiger partial charge in [0.1, 0.15) is 0 Å². The Balaban J connectivity index is 2.42. The number of carboxylic acid groups (broad SMARTS) is 1. The van der Waals surface area contributed by atoms with Gasteiger partial charge >= 0.3 is 5.97 Å². The van der Waals surface area contributed by atoms with Crippen molar-refractivity contribution in [1.29, 1.82) is 0 Å². The molecule has 0 spiro atoms. The van der Waals surface area contributed by atoms with E-state index in [1.807, 2.05) is 6.08 Å². The maximum atomic E-state index is 11.0. The van der Waals surface area contributed by atoms with Crippen molar-refractivity contribution >= 4 is 22.6 Å². The van der Waals surface area contributed by atoms with Crippen LogP contribution < -0.4 is 0 Å². The van der Waals surface area contributed by atoms with Crippen molar-refractivity contribution in [3.8, 4) is 0 Å². The topological polar surface area (TPSA) is 55.8 Å². The lowest BCUT2D eigenvalue weighted by Gasteiger charge is -2.43. The third-order valence-electron chi connectivity index (χ3n) is 10.6. The number of carboxylic acids is 1. The van der Waals surface area contributed by atoms with Crippen LogP contribution in [0.15, 0.2) is 36.1 Å². The second-order valence-corrected chi connectivity index (χ2v) is 25.6. The fourth-order valence-corrected chi connectivity index (χ4v) is 8.37. The van der Waals surface area contributed by atoms with Crippen LogP contribution in [0.4, 0.5) is 0 Å². The number of fused-ring (bicyclic) bond motifs is 1. The van der Waals surface area contributed by atoms with Crippen molar-refractivity contribution in [3.05, 3.63) is 36.1 Å². The molecule has 0 bridgehead atoms. The maximum absolute atomic E-state index is 11.0. The fourth-order valence-electron chi connectivity index (χ4n) is 5.90. The molecule has 5 atom stereocenters. The van der Waals surface area contributed by atoms with Crippen molar-refractivity contribution in [2.75, 3.05) is 0 Å². The highest BCUT2D eigenvalue weighted by Gasteiger charge is 2.52. The molecular weight excluding hydrogens is 541 g/mol. The summed E-state index contributed by atoms with van der Waals surface area (Å²) in [7, 11) is -4.04. The lowest BCUT2D eigenvalue weighted by molar-refractivity contribution is -0.137. The molecule has 236 valence electrons. The van der Waals surface area contributed by atoms with E-state index < -0.39 is 22.6 Å². The number of rotatable bonds is 16. The van der Waals surface area contributed by atoms with E-state index >= 15 is 0 Å². The van der Waals surface area contributed by atoms with Crippen LogP contribution in [0.25, 0.3) is 0 Å². The minimum Gasteiger partial charge on any atom is -0.546 e. The summed E-state index contributed by atoms with van der Waals surface area (Å²) >= 11 is 0. The Kier molecular flexibility index (Phi) is 12.8. The van der Waals surface area contributed by atoms with Gasteiger partial charge in [0.05, 0.1) is 11.9 Å². The van der Waals surface area contributed by atoms with Crippen molar-refractivity contribution in [2.24, 2.45) is 23.7 Å². The highest BCUT2D eigenvalue weighted by atomic mass is 28.4. The summed E-state index contributed by atoms with van der Waals surface area (Å²) in [6.45, 7) is 29.8. The zero-order valence-electron chi connectivity index (χ0n) is 28.6. The van der Waals surface area contributed by atoms with Crippen molar-refractivity contribution < 1.29 is 18.8 Å². The molecule has 1 unspecified atom stereocenters. The predicted octanol–water partition coefficient (Wildman–Crippen LogP) is 10.9. The first-order valence-electron chi connectivity index (χ1n) is 16.4. The smallest absolute Gasteiger partial charge is 0.303 e. The van der Waals surface area contributed by atoms with Gasteiger partial charge in [-0.25, -0.2) is 0 Å². The molecule has 4 nitrogen and oxygen atoms in total. The van der Waals surface area contributed by atoms with Crippen molar-refractivity contribution in [3.63, 3.8) is 0 Å². The minimum atomic E-state index is -2.06. The number of carbonyl (C=O) groups is 1. The maximum Gasteiger partial charge on any atom is 0.303 e. The first-order valence-corrected chi connectivity index (χ1v) is 22.2. The average molecular weight is 605 g/mol. The number of aliphatic carboxylic acids is 1. The summed E-state index contributed by atoms with van der Waals surface area (Å²) in [5.41, 5.74) is 1.52. The van der Waals surface area contributed by atoms with Gasteiger partial charge in [0.2, 0.25) is 8.32 Å². The Morgan fingerprint density at radius 2 is 1.71 bits per heavy atom. The summed E-state index contributed by atoms with van der Waals surface area (Å²) in [5, 5.41) is 9.35. The number of unbranched alkanes of at least 4 members (excludes halogenated alkanes) is 2. The second kappa shape index (κ2) is 14.6. The molecule has 41 heavy (non-hydrogen) atoms. The van der Waals surface area contributed by atoms with E-state index in [-0.39, 0.29) is 28.5 Å². The van der Waals surface area contributed by atoms with Crippen LogP contribution in [-0.2, 0) is 13.6 Å². The highest BCUT2D eigenvalue weighted by Crippen LogP contribution is 2.54. The molecule has 0 radical (unpaired) electrons. The molecule has 1 N–H and O–H groups in total. The van der Waals surface area contributed by atoms with Gasteiger partial charge in [-0.1, -0.05) is 72.6 Å². The van der Waals surface area contributed by atoms with Crippen LogP contribution in [0.1, 0.15) is 113 Å². The van der Waals surface area contributed by atoms with Crippen LogP contribution in [0.2, 0.25) is 36.3 Å². The summed E-state index contributed by atoms with van der Waals surface area (Å²) in [4.78, 5) is 11.0. The highest BCUT2D eigenvalue weighted by molar-refractivity contribution is 6.74. The van der Waals surface area contributed by atoms with Gasteiger partial charge in [0.25, 0.3) is 0 Å². The van der Waals surface area contributed by atoms with Gasteiger partial charge < -0.3 is 14.0 Å². The Bertz CT molecular complexity index is 935. The summed E-state index contributed by atoms with van der Waals surface area (Å²) < 4.78 is 14.6. The molecule has 0 saturated heterocycles. The Hall–Kier alpha value is -1.12. The van der Waals surface area contributed by atoms with Gasteiger partial charge in [-0.3, -0.25) is 4.79 Å². The zero-order valence-corrected chi connectivity index (χ0v) is 30.6. The Morgan fingerprint density at radius 3 is 2.27 bits per heavy atom. The van der Waals surface area contributed by atoms with Gasteiger partial charge in [-0.2, -0.15) is 0 Å². The normalized spacial score (nSPS) is 24.7. The molecule has 0 aromatic carbocycles. The molecule has 0 aromatic rings. The van der Waals surface area contributed by atoms with Gasteiger partial charge in [-0.05, 0) is 111 Å². The van der Waals surface area contributed by atoms with E-state index in [0.717, 1.165) is 44.9 Å². The summed E-state index contributed by atoms with van der Waals surface area (Å²) in [6.07, 6.45) is 16.9. The molecule has 0 aromatic heterocycles. The van der Waals surface area contributed by atoms with Crippen LogP contribution in [0, 0.1) is 23.7 Å². The lowest BCUT2D eigenvalue weighted by Crippen LogP contribution is -2.47. The van der Waals surface area contributed by atoms with E-state index in [0.29, 0.717) is 17.8 Å². The Morgan fingerprint density at radius 1 is 1.07 bits per heavy atom. The Labute approximate surface area is 255 Å². The molecule has 1 fully saturated rings. The number of hydrogen-bond donors (Lipinski definition) is 1. The third-order valence-corrected chi connectivity index (χ3v) is 19.5. The van der Waals surface area contributed by atoms with E-state index in [2.05, 4.69) is 93.4 Å². The second-order valence-electron chi connectivity index (χ2n) is 16.2. The molecule has 6 heteroatoms. The van der Waals surface area contributed by atoms with Gasteiger partial charge in [0, 0.05) is 12.3 Å². The van der Waals surface area contributed by atoms with E-state index in [9.17, 15) is 4.79 Å². The summed E-state index contributed by atoms with van der Waals surface area (Å²) in [5.74, 6) is 2.42. The SMILES string of the molecule is C=CCCCC(C)CC=C(O[Si](C)(C)C(C)(C)C)[C@@H]1[C@@H]2CC(CCCCC(=O)O)=C[C@@H]2C[C@H]1O[Si](C)(C)C(C)(C)C. The van der Waals surface area contributed by atoms with Crippen molar-refractivity contribution in [1.82, 2.24) is 0 Å². The van der Waals surface area contributed by atoms with Gasteiger partial charge in [0.15, 0.2) is 8.32 Å². The standard InChI is InChI=1S/C35H64O4Si2/c1-13-14-15-18-26(2)21-22-30(38-40(9,10)34(3,4)5)33-29-24-27(19-16-17-20-32(36)37)23-28(29)25-31(33)39-41(11,12)35(6,7)8/h13,22-23,26,28-29,31,33H,1,14-21,24-25H2,2-12H3,(H,36,37)/t26?,28-,29-,31-,33+/m1/s1. The van der Waals surface area contributed by atoms with E-state index in [4.69, 9.17) is 14.0 Å². The summed E-state index contributed by atoms with van der Waals surface area (Å²) in [6, 6.07) is 0. The van der Waals surface area contributed by atoms with Crippen LogP contribution in [0.3, 0.4) is 0 Å². The monoisotopic (exact) mass is 604 g/mol. The number of allylic oxidation sites excluding steroid dienone is 4. The van der Waals surface area contributed by atoms with Crippen LogP contribution >= 0.6 is 0 Å². The molecule has 2 aliphatic rings. The molecule has 2 rings (SSSR count). The zero-order chi connectivity index (χ0) is 31.2. The molecule has 0 amide bonds. The van der Waals surface area contributed by atoms with Crippen LogP contribution in [0.5, 0.6) is 0 Å². The molecule has 1 saturated carbocycles. The molecular formula is C35H64O4Si2. The first-order chi connectivity index (χ1) is 18.8. The van der Waals surface area contributed by atoms with Crippen molar-refractivity contribution in [2.45, 2.75) is 155 Å². The largest absolute Gasteiger partial charge is 0.546 e. The predicted molar refractivity (Wildman–Crippen MR) is 180 cm³/mol. The van der Waals surface area contributed by atoms with E-state index in [1.165, 1.54) is 24.2 Å². The molecule has 0 heterocycles. The third kappa shape index (κ3) is 10.2. The quantitative estimate of drug-likeness (QED) is 0.0824. The number of hydrogen-bond acceptors (Lipinski definition) is 3. The van der Waals surface area contributed by atoms with Crippen LogP contribution in [-0.4, -0.2) is 33.8 Å². The minimum absolute atomic E-state index is 0.124. The lowest BCUT2D eigenvalue weighted by atomic mass is 9.86. The fraction of sp³-hybridized carbons (Fsp3) is 0.800. The van der Waals surface area contributed by atoms with Gasteiger partial charge in [-0.15, -0.1) is 6.58 Å².